The molecule has 0 saturated carbocycles. The van der Waals surface area contributed by atoms with E-state index in [1.54, 1.807) is 0 Å². The van der Waals surface area contributed by atoms with E-state index in [1.165, 1.54) is 82.7 Å². The number of unbranched alkanes of at least 4 members (excludes halogenated alkanes) is 8. The van der Waals surface area contributed by atoms with Crippen molar-refractivity contribution < 1.29 is 30.7 Å². The average molecular weight is 426 g/mol. The molecule has 4 nitrogen and oxygen atoms in total. The number of alkyl halides is 3. The summed E-state index contributed by atoms with van der Waals surface area (Å²) in [6, 6.07) is 4.58. The van der Waals surface area contributed by atoms with Crippen LogP contribution in [0.15, 0.2) is 24.5 Å². The molecule has 1 aromatic rings. The van der Waals surface area contributed by atoms with Gasteiger partial charge in [-0.3, -0.25) is 0 Å². The second-order valence-electron chi connectivity index (χ2n) is 6.92. The first kappa shape index (κ1) is 26.9. The van der Waals surface area contributed by atoms with Crippen molar-refractivity contribution in [2.75, 3.05) is 0 Å². The highest BCUT2D eigenvalue weighted by molar-refractivity contribution is 7.86. The molecule has 1 rings (SSSR count). The Morgan fingerprint density at radius 2 is 1.29 bits per heavy atom. The Bertz CT molecular complexity index is 602. The van der Waals surface area contributed by atoms with E-state index in [0.717, 1.165) is 0 Å². The predicted molar refractivity (Wildman–Crippen MR) is 104 cm³/mol. The molecule has 1 aromatic heterocycles. The third kappa shape index (κ3) is 13.9. The van der Waals surface area contributed by atoms with Crippen LogP contribution >= 0.6 is 0 Å². The van der Waals surface area contributed by atoms with Crippen LogP contribution in [0.1, 0.15) is 83.6 Å². The summed E-state index contributed by atoms with van der Waals surface area (Å²) >= 11 is 0. The molecule has 164 valence electrons. The van der Waals surface area contributed by atoms with Crippen LogP contribution in [0.2, 0.25) is 0 Å². The fourth-order valence-electron chi connectivity index (χ4n) is 2.61. The molecule has 0 atom stereocenters. The summed E-state index contributed by atoms with van der Waals surface area (Å²) in [4.78, 5) is 0. The molecule has 0 fully saturated rings. The molecule has 0 aliphatic carbocycles. The highest BCUT2D eigenvalue weighted by Gasteiger charge is 2.36. The van der Waals surface area contributed by atoms with Crippen LogP contribution in [-0.4, -0.2) is 18.5 Å². The summed E-state index contributed by atoms with van der Waals surface area (Å²) in [5, 5.41) is 0. The number of pyridine rings is 1. The van der Waals surface area contributed by atoms with Gasteiger partial charge in [-0.25, -0.2) is 13.0 Å². The molecular formula is C20H34F3NO3S. The van der Waals surface area contributed by atoms with Crippen molar-refractivity contribution in [1.29, 1.82) is 0 Å². The second kappa shape index (κ2) is 14.8. The van der Waals surface area contributed by atoms with Crippen molar-refractivity contribution in [3.63, 3.8) is 0 Å². The van der Waals surface area contributed by atoms with E-state index < -0.39 is 15.6 Å². The molecule has 0 aromatic carbocycles. The van der Waals surface area contributed by atoms with E-state index in [0.29, 0.717) is 0 Å². The summed E-state index contributed by atoms with van der Waals surface area (Å²) in [6.07, 6.45) is 19.5. The molecule has 0 spiro atoms. The standard InChI is InChI=1S/C19H34N.CHF3O3S/c1-3-5-7-8-9-10-11-12-16-20-17-14-19(15-18-20)13-6-4-2;2-1(3,4)8(5,6)7/h14-15,17-18H,3-13,16H2,1-2H3;(H,5,6,7)/q+1;/p-1. The number of hydrogen-bond acceptors (Lipinski definition) is 3. The Kier molecular flexibility index (Phi) is 14.2. The third-order valence-corrected chi connectivity index (χ3v) is 4.90. The number of rotatable bonds is 12. The number of halogens is 3. The SMILES string of the molecule is CCCCCCCCCC[n+]1ccc(CCCC)cc1.O=S(=O)([O-])C(F)(F)F. The summed E-state index contributed by atoms with van der Waals surface area (Å²) in [7, 11) is -6.09. The van der Waals surface area contributed by atoms with Crippen LogP contribution in [0.25, 0.3) is 0 Å². The van der Waals surface area contributed by atoms with Gasteiger partial charge in [-0.05, 0) is 24.8 Å². The predicted octanol–water partition coefficient (Wildman–Crippen LogP) is 5.51. The molecule has 0 bridgehead atoms. The van der Waals surface area contributed by atoms with Gasteiger partial charge in [0.2, 0.25) is 0 Å². The summed E-state index contributed by atoms with van der Waals surface area (Å²) in [5.74, 6) is 0. The lowest BCUT2D eigenvalue weighted by atomic mass is 10.1. The minimum Gasteiger partial charge on any atom is -0.741 e. The molecule has 0 N–H and O–H groups in total. The van der Waals surface area contributed by atoms with Crippen molar-refractivity contribution in [3.05, 3.63) is 30.1 Å². The molecule has 0 saturated heterocycles. The largest absolute Gasteiger partial charge is 0.741 e. The lowest BCUT2D eigenvalue weighted by Crippen LogP contribution is -2.32. The second-order valence-corrected chi connectivity index (χ2v) is 8.29. The van der Waals surface area contributed by atoms with Gasteiger partial charge in [0.05, 0.1) is 0 Å². The third-order valence-electron chi connectivity index (χ3n) is 4.33. The van der Waals surface area contributed by atoms with E-state index in [-0.39, 0.29) is 0 Å². The Labute approximate surface area is 167 Å². The first-order valence-corrected chi connectivity index (χ1v) is 11.5. The maximum Gasteiger partial charge on any atom is 0.485 e. The summed E-state index contributed by atoms with van der Waals surface area (Å²) in [6.45, 7) is 5.72. The highest BCUT2D eigenvalue weighted by atomic mass is 32.2. The number of aromatic nitrogens is 1. The van der Waals surface area contributed by atoms with E-state index in [4.69, 9.17) is 13.0 Å². The Morgan fingerprint density at radius 3 is 1.71 bits per heavy atom. The molecule has 1 heterocycles. The zero-order valence-corrected chi connectivity index (χ0v) is 17.8. The van der Waals surface area contributed by atoms with E-state index in [2.05, 4.69) is 42.9 Å². The molecule has 0 aliphatic heterocycles. The lowest BCUT2D eigenvalue weighted by molar-refractivity contribution is -0.697. The highest BCUT2D eigenvalue weighted by Crippen LogP contribution is 2.20. The number of hydrogen-bond donors (Lipinski definition) is 0. The van der Waals surface area contributed by atoms with Gasteiger partial charge in [-0.1, -0.05) is 58.8 Å². The van der Waals surface area contributed by atoms with Gasteiger partial charge in [0.25, 0.3) is 0 Å². The van der Waals surface area contributed by atoms with Crippen LogP contribution in [0.3, 0.4) is 0 Å². The topological polar surface area (TPSA) is 61.1 Å². The molecular weight excluding hydrogens is 391 g/mol. The minimum atomic E-state index is -6.09. The van der Waals surface area contributed by atoms with Crippen LogP contribution in [0.5, 0.6) is 0 Å². The zero-order chi connectivity index (χ0) is 21.5. The van der Waals surface area contributed by atoms with Crippen LogP contribution < -0.4 is 4.57 Å². The van der Waals surface area contributed by atoms with Gasteiger partial charge in [-0.2, -0.15) is 13.2 Å². The molecule has 28 heavy (non-hydrogen) atoms. The van der Waals surface area contributed by atoms with E-state index >= 15 is 0 Å². The van der Waals surface area contributed by atoms with Gasteiger partial charge in [0.15, 0.2) is 22.5 Å². The van der Waals surface area contributed by atoms with Crippen molar-refractivity contribution in [1.82, 2.24) is 0 Å². The Balaban J connectivity index is 0.000000769. The fourth-order valence-corrected chi connectivity index (χ4v) is 2.61. The van der Waals surface area contributed by atoms with Crippen molar-refractivity contribution in [2.24, 2.45) is 0 Å². The normalized spacial score (nSPS) is 11.8. The Hall–Kier alpha value is -1.15. The minimum absolute atomic E-state index is 1.18. The lowest BCUT2D eigenvalue weighted by Gasteiger charge is -2.08. The van der Waals surface area contributed by atoms with Gasteiger partial charge < -0.3 is 4.55 Å². The van der Waals surface area contributed by atoms with E-state index in [1.807, 2.05) is 0 Å². The summed E-state index contributed by atoms with van der Waals surface area (Å²) in [5.41, 5.74) is -4.16. The molecule has 0 amide bonds. The Morgan fingerprint density at radius 1 is 0.857 bits per heavy atom. The van der Waals surface area contributed by atoms with Gasteiger partial charge in [0.1, 0.15) is 6.54 Å². The molecule has 0 unspecified atom stereocenters. The van der Waals surface area contributed by atoms with Crippen LogP contribution in [0.4, 0.5) is 13.2 Å². The van der Waals surface area contributed by atoms with Crippen molar-refractivity contribution in [2.45, 2.75) is 96.5 Å². The van der Waals surface area contributed by atoms with Crippen molar-refractivity contribution in [3.8, 4) is 0 Å². The molecule has 8 heteroatoms. The van der Waals surface area contributed by atoms with Crippen molar-refractivity contribution >= 4 is 10.1 Å². The first-order valence-electron chi connectivity index (χ1n) is 10.1. The summed E-state index contributed by atoms with van der Waals surface area (Å²) < 4.78 is 61.2. The van der Waals surface area contributed by atoms with Crippen LogP contribution in [-0.2, 0) is 23.1 Å². The fraction of sp³-hybridized carbons (Fsp3) is 0.750. The van der Waals surface area contributed by atoms with Gasteiger partial charge >= 0.3 is 5.51 Å². The smallest absolute Gasteiger partial charge is 0.485 e. The quantitative estimate of drug-likeness (QED) is 0.192. The average Bonchev–Trinajstić information content (AvgIpc) is 2.62. The maximum atomic E-state index is 10.7. The molecule has 0 aliphatic rings. The first-order chi connectivity index (χ1) is 13.1. The van der Waals surface area contributed by atoms with E-state index in [9.17, 15) is 13.2 Å². The zero-order valence-electron chi connectivity index (χ0n) is 17.0. The van der Waals surface area contributed by atoms with Gasteiger partial charge in [0, 0.05) is 18.6 Å². The maximum absolute atomic E-state index is 10.7. The van der Waals surface area contributed by atoms with Crippen LogP contribution in [0, 0.1) is 0 Å². The monoisotopic (exact) mass is 425 g/mol. The molecule has 0 radical (unpaired) electrons. The van der Waals surface area contributed by atoms with Gasteiger partial charge in [-0.15, -0.1) is 0 Å². The number of nitrogens with zero attached hydrogens (tertiary/aromatic N) is 1. The number of aryl methyl sites for hydroxylation is 2.